The Bertz CT molecular complexity index is 400. The lowest BCUT2D eigenvalue weighted by molar-refractivity contribution is 0.0724. The molecule has 0 aromatic heterocycles. The van der Waals surface area contributed by atoms with Gasteiger partial charge in [0.05, 0.1) is 5.69 Å². The lowest BCUT2D eigenvalue weighted by Crippen LogP contribution is -2.35. The van der Waals surface area contributed by atoms with E-state index in [0.29, 0.717) is 5.56 Å². The smallest absolute Gasteiger partial charge is 0.253 e. The molecule has 0 saturated carbocycles. The van der Waals surface area contributed by atoms with Crippen molar-refractivity contribution in [3.05, 3.63) is 29.6 Å². The van der Waals surface area contributed by atoms with Gasteiger partial charge in [0.2, 0.25) is 0 Å². The van der Waals surface area contributed by atoms with Gasteiger partial charge in [-0.3, -0.25) is 4.79 Å². The standard InChI is InChI=1S/C12H15FN2O/c13-10-8-9(4-5-11(10)14)12(16)15-6-2-1-3-7-15/h4-5,8H,1-3,6-7,14H2. The van der Waals surface area contributed by atoms with Crippen LogP contribution in [0, 0.1) is 5.82 Å². The van der Waals surface area contributed by atoms with E-state index in [1.807, 2.05) is 0 Å². The summed E-state index contributed by atoms with van der Waals surface area (Å²) in [7, 11) is 0. The Kier molecular flexibility index (Phi) is 3.08. The molecule has 16 heavy (non-hydrogen) atoms. The Hall–Kier alpha value is -1.58. The third-order valence-electron chi connectivity index (χ3n) is 2.89. The number of hydrogen-bond acceptors (Lipinski definition) is 2. The number of carbonyl (C=O) groups excluding carboxylic acids is 1. The number of amides is 1. The SMILES string of the molecule is Nc1ccc(C(=O)N2CCCCC2)cc1F. The van der Waals surface area contributed by atoms with Crippen LogP contribution in [0.25, 0.3) is 0 Å². The van der Waals surface area contributed by atoms with Gasteiger partial charge in [-0.1, -0.05) is 0 Å². The normalized spacial score (nSPS) is 16.2. The predicted octanol–water partition coefficient (Wildman–Crippen LogP) is 2.03. The molecule has 4 heteroatoms. The third kappa shape index (κ3) is 2.15. The maximum atomic E-state index is 13.2. The molecule has 2 N–H and O–H groups in total. The van der Waals surface area contributed by atoms with Gasteiger partial charge in [-0.2, -0.15) is 0 Å². The van der Waals surface area contributed by atoms with Gasteiger partial charge in [-0.25, -0.2) is 4.39 Å². The summed E-state index contributed by atoms with van der Waals surface area (Å²) in [5.74, 6) is -0.624. The first kappa shape index (κ1) is 10.9. The number of piperidine rings is 1. The Labute approximate surface area is 94.0 Å². The summed E-state index contributed by atoms with van der Waals surface area (Å²) in [6.07, 6.45) is 3.23. The molecule has 1 fully saturated rings. The third-order valence-corrected chi connectivity index (χ3v) is 2.89. The summed E-state index contributed by atoms with van der Waals surface area (Å²) < 4.78 is 13.2. The van der Waals surface area contributed by atoms with Crippen LogP contribution in [0.3, 0.4) is 0 Å². The summed E-state index contributed by atoms with van der Waals surface area (Å²) in [5, 5.41) is 0. The lowest BCUT2D eigenvalue weighted by atomic mass is 10.1. The maximum absolute atomic E-state index is 13.2. The minimum absolute atomic E-state index is 0.0789. The van der Waals surface area contributed by atoms with Crippen molar-refractivity contribution in [2.45, 2.75) is 19.3 Å². The summed E-state index contributed by atoms with van der Waals surface area (Å²) in [5.41, 5.74) is 5.83. The number of anilines is 1. The fourth-order valence-corrected chi connectivity index (χ4v) is 1.94. The quantitative estimate of drug-likeness (QED) is 0.739. The molecule has 3 nitrogen and oxygen atoms in total. The van der Waals surface area contributed by atoms with Crippen molar-refractivity contribution in [1.82, 2.24) is 4.90 Å². The first-order valence-electron chi connectivity index (χ1n) is 5.53. The summed E-state index contributed by atoms with van der Waals surface area (Å²) >= 11 is 0. The van der Waals surface area contributed by atoms with Crippen LogP contribution in [0.4, 0.5) is 10.1 Å². The summed E-state index contributed by atoms with van der Waals surface area (Å²) in [6, 6.07) is 4.23. The highest BCUT2D eigenvalue weighted by molar-refractivity contribution is 5.94. The van der Waals surface area contributed by atoms with Gasteiger partial charge in [0.15, 0.2) is 0 Å². The lowest BCUT2D eigenvalue weighted by Gasteiger charge is -2.26. The van der Waals surface area contributed by atoms with Crippen molar-refractivity contribution in [2.24, 2.45) is 0 Å². The van der Waals surface area contributed by atoms with Gasteiger partial charge in [0.1, 0.15) is 5.82 Å². The second-order valence-electron chi connectivity index (χ2n) is 4.09. The highest BCUT2D eigenvalue weighted by Crippen LogP contribution is 2.16. The molecule has 2 rings (SSSR count). The Morgan fingerprint density at radius 1 is 1.25 bits per heavy atom. The highest BCUT2D eigenvalue weighted by Gasteiger charge is 2.18. The van der Waals surface area contributed by atoms with Crippen LogP contribution < -0.4 is 5.73 Å². The Balaban J connectivity index is 2.16. The van der Waals surface area contributed by atoms with Crippen LogP contribution >= 0.6 is 0 Å². The molecule has 1 aliphatic heterocycles. The largest absolute Gasteiger partial charge is 0.396 e. The first-order valence-corrected chi connectivity index (χ1v) is 5.53. The first-order chi connectivity index (χ1) is 7.68. The zero-order chi connectivity index (χ0) is 11.5. The van der Waals surface area contributed by atoms with Crippen molar-refractivity contribution in [1.29, 1.82) is 0 Å². The maximum Gasteiger partial charge on any atom is 0.253 e. The summed E-state index contributed by atoms with van der Waals surface area (Å²) in [6.45, 7) is 1.54. The van der Waals surface area contributed by atoms with E-state index in [9.17, 15) is 9.18 Å². The van der Waals surface area contributed by atoms with Gasteiger partial charge in [-0.15, -0.1) is 0 Å². The number of halogens is 1. The van der Waals surface area contributed by atoms with Crippen molar-refractivity contribution in [3.63, 3.8) is 0 Å². The topological polar surface area (TPSA) is 46.3 Å². The number of nitrogens with two attached hydrogens (primary N) is 1. The number of rotatable bonds is 1. The minimum atomic E-state index is -0.525. The fourth-order valence-electron chi connectivity index (χ4n) is 1.94. The Morgan fingerprint density at radius 2 is 1.94 bits per heavy atom. The second-order valence-corrected chi connectivity index (χ2v) is 4.09. The minimum Gasteiger partial charge on any atom is -0.396 e. The molecular formula is C12H15FN2O. The number of carbonyl (C=O) groups is 1. The van der Waals surface area contributed by atoms with E-state index in [1.165, 1.54) is 18.6 Å². The van der Waals surface area contributed by atoms with Crippen LogP contribution in [0.5, 0.6) is 0 Å². The molecule has 0 radical (unpaired) electrons. The molecule has 1 aromatic carbocycles. The molecule has 1 heterocycles. The number of hydrogen-bond donors (Lipinski definition) is 1. The average Bonchev–Trinajstić information content (AvgIpc) is 2.33. The highest BCUT2D eigenvalue weighted by atomic mass is 19.1. The Morgan fingerprint density at radius 3 is 2.56 bits per heavy atom. The molecule has 86 valence electrons. The molecule has 1 aliphatic rings. The van der Waals surface area contributed by atoms with E-state index in [1.54, 1.807) is 11.0 Å². The number of likely N-dealkylation sites (tertiary alicyclic amines) is 1. The van der Waals surface area contributed by atoms with Crippen LogP contribution in [-0.4, -0.2) is 23.9 Å². The van der Waals surface area contributed by atoms with Gasteiger partial charge in [0, 0.05) is 18.7 Å². The van der Waals surface area contributed by atoms with Crippen LogP contribution in [-0.2, 0) is 0 Å². The molecule has 0 unspecified atom stereocenters. The molecule has 0 spiro atoms. The van der Waals surface area contributed by atoms with Crippen molar-refractivity contribution >= 4 is 11.6 Å². The van der Waals surface area contributed by atoms with E-state index in [4.69, 9.17) is 5.73 Å². The molecule has 0 atom stereocenters. The fraction of sp³-hybridized carbons (Fsp3) is 0.417. The van der Waals surface area contributed by atoms with Crippen LogP contribution in [0.2, 0.25) is 0 Å². The van der Waals surface area contributed by atoms with Gasteiger partial charge >= 0.3 is 0 Å². The molecule has 0 aliphatic carbocycles. The van der Waals surface area contributed by atoms with Crippen LogP contribution in [0.15, 0.2) is 18.2 Å². The van der Waals surface area contributed by atoms with Crippen LogP contribution in [0.1, 0.15) is 29.6 Å². The van der Waals surface area contributed by atoms with E-state index in [-0.39, 0.29) is 11.6 Å². The van der Waals surface area contributed by atoms with E-state index in [0.717, 1.165) is 25.9 Å². The molecule has 1 saturated heterocycles. The van der Waals surface area contributed by atoms with Gasteiger partial charge in [-0.05, 0) is 37.5 Å². The predicted molar refractivity (Wildman–Crippen MR) is 60.6 cm³/mol. The number of nitrogen functional groups attached to an aromatic ring is 1. The van der Waals surface area contributed by atoms with Gasteiger partial charge in [0.25, 0.3) is 5.91 Å². The molecule has 1 amide bonds. The van der Waals surface area contributed by atoms with Crippen molar-refractivity contribution in [2.75, 3.05) is 18.8 Å². The summed E-state index contributed by atoms with van der Waals surface area (Å²) in [4.78, 5) is 13.8. The molecule has 1 aromatic rings. The second kappa shape index (κ2) is 4.51. The molecular weight excluding hydrogens is 207 g/mol. The number of benzene rings is 1. The average molecular weight is 222 g/mol. The zero-order valence-corrected chi connectivity index (χ0v) is 9.08. The zero-order valence-electron chi connectivity index (χ0n) is 9.08. The van der Waals surface area contributed by atoms with E-state index in [2.05, 4.69) is 0 Å². The molecule has 0 bridgehead atoms. The van der Waals surface area contributed by atoms with Crippen molar-refractivity contribution in [3.8, 4) is 0 Å². The monoisotopic (exact) mass is 222 g/mol. The van der Waals surface area contributed by atoms with Crippen molar-refractivity contribution < 1.29 is 9.18 Å². The van der Waals surface area contributed by atoms with Gasteiger partial charge < -0.3 is 10.6 Å². The van der Waals surface area contributed by atoms with E-state index < -0.39 is 5.82 Å². The van der Waals surface area contributed by atoms with E-state index >= 15 is 0 Å². The number of nitrogens with zero attached hydrogens (tertiary/aromatic N) is 1.